The van der Waals surface area contributed by atoms with E-state index in [9.17, 15) is 4.79 Å². The van der Waals surface area contributed by atoms with Gasteiger partial charge in [0.2, 0.25) is 0 Å². The fraction of sp³-hybridized carbons (Fsp3) is 0.444. The summed E-state index contributed by atoms with van der Waals surface area (Å²) in [7, 11) is 0. The predicted molar refractivity (Wildman–Crippen MR) is 61.9 cm³/mol. The third kappa shape index (κ3) is 3.67. The van der Waals surface area contributed by atoms with Crippen molar-refractivity contribution in [3.05, 3.63) is 15.9 Å². The van der Waals surface area contributed by atoms with Crippen molar-refractivity contribution in [3.8, 4) is 0 Å². The number of carbonyl (C=O) groups is 1. The van der Waals surface area contributed by atoms with Crippen LogP contribution < -0.4 is 5.32 Å². The van der Waals surface area contributed by atoms with Crippen molar-refractivity contribution in [1.82, 2.24) is 0 Å². The van der Waals surface area contributed by atoms with E-state index in [0.717, 1.165) is 9.47 Å². The fourth-order valence-corrected chi connectivity index (χ4v) is 2.29. The van der Waals surface area contributed by atoms with Crippen LogP contribution >= 0.6 is 27.3 Å². The molecule has 3 nitrogen and oxygen atoms in total. The second-order valence-corrected chi connectivity index (χ2v) is 4.91. The summed E-state index contributed by atoms with van der Waals surface area (Å²) in [6, 6.07) is 1.98. The zero-order valence-electron chi connectivity index (χ0n) is 7.79. The van der Waals surface area contributed by atoms with Crippen molar-refractivity contribution >= 4 is 38.2 Å². The minimum Gasteiger partial charge on any atom is -0.481 e. The van der Waals surface area contributed by atoms with Crippen molar-refractivity contribution in [2.45, 2.75) is 13.3 Å². The van der Waals surface area contributed by atoms with E-state index in [-0.39, 0.29) is 5.92 Å². The lowest BCUT2D eigenvalue weighted by molar-refractivity contribution is -0.141. The Bertz CT molecular complexity index is 314. The second kappa shape index (κ2) is 5.36. The Morgan fingerprint density at radius 2 is 2.50 bits per heavy atom. The quantitative estimate of drug-likeness (QED) is 0.870. The first-order valence-corrected chi connectivity index (χ1v) is 5.97. The van der Waals surface area contributed by atoms with Crippen LogP contribution in [0.15, 0.2) is 15.9 Å². The molecule has 1 atom stereocenters. The molecule has 1 rings (SSSR count). The summed E-state index contributed by atoms with van der Waals surface area (Å²) in [6.07, 6.45) is 0.644. The lowest BCUT2D eigenvalue weighted by Gasteiger charge is -2.06. The van der Waals surface area contributed by atoms with Gasteiger partial charge in [0.05, 0.1) is 10.9 Å². The van der Waals surface area contributed by atoms with E-state index < -0.39 is 5.97 Å². The summed E-state index contributed by atoms with van der Waals surface area (Å²) in [5, 5.41) is 14.9. The Labute approximate surface area is 95.3 Å². The molecule has 0 radical (unpaired) electrons. The average molecular weight is 278 g/mol. The molecule has 0 saturated carbocycles. The van der Waals surface area contributed by atoms with Crippen molar-refractivity contribution in [1.29, 1.82) is 0 Å². The van der Waals surface area contributed by atoms with E-state index in [0.29, 0.717) is 13.0 Å². The van der Waals surface area contributed by atoms with Crippen LogP contribution in [0.5, 0.6) is 0 Å². The molecular weight excluding hydrogens is 266 g/mol. The fourth-order valence-electron chi connectivity index (χ4n) is 0.941. The number of hydrogen-bond donors (Lipinski definition) is 2. The number of aliphatic carboxylic acids is 1. The molecule has 14 heavy (non-hydrogen) atoms. The Balaban J connectivity index is 2.25. The summed E-state index contributed by atoms with van der Waals surface area (Å²) in [6.45, 7) is 2.41. The Kier molecular flexibility index (Phi) is 4.41. The zero-order chi connectivity index (χ0) is 10.6. The molecule has 0 aliphatic heterocycles. The number of anilines is 1. The highest BCUT2D eigenvalue weighted by Gasteiger charge is 2.09. The molecule has 0 amide bonds. The normalized spacial score (nSPS) is 12.4. The van der Waals surface area contributed by atoms with E-state index in [2.05, 4.69) is 21.2 Å². The monoisotopic (exact) mass is 277 g/mol. The van der Waals surface area contributed by atoms with Gasteiger partial charge in [0.15, 0.2) is 0 Å². The SMILES string of the molecule is CC(CCNc1cc(Br)cs1)C(=O)O. The maximum absolute atomic E-state index is 10.5. The standard InChI is InChI=1S/C9H12BrNO2S/c1-6(9(12)13)2-3-11-8-4-7(10)5-14-8/h4-6,11H,2-3H2,1H3,(H,12,13). The summed E-state index contributed by atoms with van der Waals surface area (Å²) in [5.41, 5.74) is 0. The number of thiophene rings is 1. The minimum absolute atomic E-state index is 0.286. The van der Waals surface area contributed by atoms with Gasteiger partial charge in [-0.1, -0.05) is 6.92 Å². The number of carboxylic acids is 1. The van der Waals surface area contributed by atoms with Gasteiger partial charge in [-0.25, -0.2) is 0 Å². The molecule has 0 saturated heterocycles. The molecule has 0 spiro atoms. The van der Waals surface area contributed by atoms with Gasteiger partial charge in [-0.3, -0.25) is 4.79 Å². The number of carboxylic acid groups (broad SMARTS) is 1. The molecule has 1 heterocycles. The highest BCUT2D eigenvalue weighted by molar-refractivity contribution is 9.10. The van der Waals surface area contributed by atoms with Crippen molar-refractivity contribution in [3.63, 3.8) is 0 Å². The van der Waals surface area contributed by atoms with E-state index >= 15 is 0 Å². The van der Waals surface area contributed by atoms with E-state index in [1.54, 1.807) is 18.3 Å². The largest absolute Gasteiger partial charge is 0.481 e. The highest BCUT2D eigenvalue weighted by Crippen LogP contribution is 2.24. The van der Waals surface area contributed by atoms with Gasteiger partial charge in [-0.05, 0) is 28.4 Å². The molecule has 0 aromatic carbocycles. The van der Waals surface area contributed by atoms with Crippen LogP contribution in [-0.2, 0) is 4.79 Å². The van der Waals surface area contributed by atoms with Crippen LogP contribution in [0.25, 0.3) is 0 Å². The number of halogens is 1. The molecule has 0 aliphatic carbocycles. The molecule has 0 bridgehead atoms. The topological polar surface area (TPSA) is 49.3 Å². The van der Waals surface area contributed by atoms with Crippen molar-refractivity contribution in [2.24, 2.45) is 5.92 Å². The van der Waals surface area contributed by atoms with Gasteiger partial charge in [-0.15, -0.1) is 11.3 Å². The first-order valence-electron chi connectivity index (χ1n) is 4.30. The molecule has 2 N–H and O–H groups in total. The van der Waals surface area contributed by atoms with Crippen LogP contribution in [0.3, 0.4) is 0 Å². The number of hydrogen-bond acceptors (Lipinski definition) is 3. The highest BCUT2D eigenvalue weighted by atomic mass is 79.9. The molecule has 1 unspecified atom stereocenters. The summed E-state index contributed by atoms with van der Waals surface area (Å²) in [5.74, 6) is -1.02. The minimum atomic E-state index is -0.737. The lowest BCUT2D eigenvalue weighted by atomic mass is 10.1. The number of nitrogens with one attached hydrogen (secondary N) is 1. The average Bonchev–Trinajstić information content (AvgIpc) is 2.51. The van der Waals surface area contributed by atoms with Crippen molar-refractivity contribution < 1.29 is 9.90 Å². The van der Waals surface area contributed by atoms with Gasteiger partial charge in [0.1, 0.15) is 0 Å². The van der Waals surface area contributed by atoms with Gasteiger partial charge >= 0.3 is 5.97 Å². The van der Waals surface area contributed by atoms with Crippen LogP contribution in [0, 0.1) is 5.92 Å². The van der Waals surface area contributed by atoms with Crippen molar-refractivity contribution in [2.75, 3.05) is 11.9 Å². The third-order valence-electron chi connectivity index (χ3n) is 1.87. The first kappa shape index (κ1) is 11.5. The number of rotatable bonds is 5. The summed E-state index contributed by atoms with van der Waals surface area (Å²) < 4.78 is 1.05. The van der Waals surface area contributed by atoms with E-state index in [4.69, 9.17) is 5.11 Å². The Morgan fingerprint density at radius 3 is 3.00 bits per heavy atom. The molecule has 1 aromatic heterocycles. The molecule has 78 valence electrons. The first-order chi connectivity index (χ1) is 6.59. The van der Waals surface area contributed by atoms with Gasteiger partial charge in [-0.2, -0.15) is 0 Å². The Hall–Kier alpha value is -0.550. The molecule has 1 aromatic rings. The van der Waals surface area contributed by atoms with Gasteiger partial charge in [0.25, 0.3) is 0 Å². The van der Waals surface area contributed by atoms with Gasteiger partial charge < -0.3 is 10.4 Å². The maximum Gasteiger partial charge on any atom is 0.306 e. The van der Waals surface area contributed by atoms with Gasteiger partial charge in [0, 0.05) is 16.4 Å². The lowest BCUT2D eigenvalue weighted by Crippen LogP contribution is -2.14. The zero-order valence-corrected chi connectivity index (χ0v) is 10.2. The van der Waals surface area contributed by atoms with Crippen LogP contribution in [0.4, 0.5) is 5.00 Å². The predicted octanol–water partition coefficient (Wildman–Crippen LogP) is 3.03. The summed E-state index contributed by atoms with van der Waals surface area (Å²) >= 11 is 4.96. The smallest absolute Gasteiger partial charge is 0.306 e. The van der Waals surface area contributed by atoms with E-state index in [1.165, 1.54) is 0 Å². The van der Waals surface area contributed by atoms with Crippen LogP contribution in [0.1, 0.15) is 13.3 Å². The third-order valence-corrected chi connectivity index (χ3v) is 3.51. The van der Waals surface area contributed by atoms with E-state index in [1.807, 2.05) is 11.4 Å². The molecule has 0 fully saturated rings. The molecular formula is C9H12BrNO2S. The Morgan fingerprint density at radius 1 is 1.79 bits per heavy atom. The maximum atomic E-state index is 10.5. The molecule has 5 heteroatoms. The second-order valence-electron chi connectivity index (χ2n) is 3.08. The van der Waals surface area contributed by atoms with Crippen LogP contribution in [-0.4, -0.2) is 17.6 Å². The molecule has 0 aliphatic rings. The van der Waals surface area contributed by atoms with Crippen LogP contribution in [0.2, 0.25) is 0 Å². The summed E-state index contributed by atoms with van der Waals surface area (Å²) in [4.78, 5) is 10.5.